The molecule has 0 aliphatic carbocycles. The van der Waals surface area contributed by atoms with Gasteiger partial charge in [0.25, 0.3) is 5.91 Å². The number of rotatable bonds is 14. The normalized spacial score (nSPS) is 24.6. The van der Waals surface area contributed by atoms with Crippen molar-refractivity contribution in [2.24, 2.45) is 11.8 Å². The molecule has 4 atom stereocenters. The zero-order valence-electron chi connectivity index (χ0n) is 28.7. The largest absolute Gasteiger partial charge is 0.506 e. The molecule has 2 unspecified atom stereocenters. The number of fused-ring (bicyclic) bond motifs is 4. The van der Waals surface area contributed by atoms with Crippen LogP contribution < -0.4 is 15.6 Å². The lowest BCUT2D eigenvalue weighted by Crippen LogP contribution is -2.76. The molecule has 3 aromatic carbocycles. The predicted molar refractivity (Wildman–Crippen MR) is 193 cm³/mol. The minimum Gasteiger partial charge on any atom is -0.506 e. The smallest absolute Gasteiger partial charge is 0.318 e. The second kappa shape index (κ2) is 14.9. The van der Waals surface area contributed by atoms with E-state index in [2.05, 4.69) is 15.2 Å². The standard InChI is InChI=1S/C40H46N4O7/c45-33-15-13-30(31-14-16-35(47)42-36(31)33)34(46)23-41-19-5-2-6-22-51-29-11-9-27(10-12-29)38(48)44-25-40(39(49)50,28-7-3-1-4-8-28)37(44)32-24-43-20-17-26(32)18-21-43/h1,3-4,7-16,26,32,34,37,41,45-46H,2,5-6,17-25H2,(H,42,47)(H,49,50)/t32?,34-,37+,40?/m0/s1. The van der Waals surface area contributed by atoms with E-state index >= 15 is 0 Å². The lowest BCUT2D eigenvalue weighted by atomic mass is 9.58. The molecule has 51 heavy (non-hydrogen) atoms. The Labute approximate surface area is 296 Å². The third-order valence-electron chi connectivity index (χ3n) is 11.3. The van der Waals surface area contributed by atoms with Gasteiger partial charge in [0, 0.05) is 36.7 Å². The monoisotopic (exact) mass is 694 g/mol. The van der Waals surface area contributed by atoms with Crippen molar-refractivity contribution in [3.05, 3.63) is 106 Å². The molecule has 4 saturated heterocycles. The maximum atomic E-state index is 14.0. The number of aliphatic hydroxyl groups is 1. The van der Waals surface area contributed by atoms with Gasteiger partial charge in [-0.25, -0.2) is 0 Å². The number of nitrogens with zero attached hydrogens (tertiary/aromatic N) is 2. The topological polar surface area (TPSA) is 155 Å². The number of phenols is 1. The molecule has 4 aliphatic heterocycles. The Balaban J connectivity index is 0.890. The Morgan fingerprint density at radius 3 is 2.43 bits per heavy atom. The minimum atomic E-state index is -1.12. The van der Waals surface area contributed by atoms with Gasteiger partial charge < -0.3 is 40.2 Å². The number of hydrogen-bond acceptors (Lipinski definition) is 8. The van der Waals surface area contributed by atoms with Crippen molar-refractivity contribution < 1.29 is 29.6 Å². The molecule has 0 saturated carbocycles. The van der Waals surface area contributed by atoms with Crippen LogP contribution in [-0.2, 0) is 10.2 Å². The van der Waals surface area contributed by atoms with Gasteiger partial charge in [-0.3, -0.25) is 14.4 Å². The Morgan fingerprint density at radius 1 is 0.961 bits per heavy atom. The number of nitrogens with one attached hydrogen (secondary N) is 2. The van der Waals surface area contributed by atoms with Gasteiger partial charge >= 0.3 is 5.97 Å². The summed E-state index contributed by atoms with van der Waals surface area (Å²) < 4.78 is 5.96. The van der Waals surface area contributed by atoms with Crippen molar-refractivity contribution in [2.75, 3.05) is 45.9 Å². The summed E-state index contributed by atoms with van der Waals surface area (Å²) in [7, 11) is 0. The first-order valence-electron chi connectivity index (χ1n) is 18.0. The summed E-state index contributed by atoms with van der Waals surface area (Å²) in [5.74, 6) is 0.164. The number of likely N-dealkylation sites (tertiary alicyclic amines) is 1. The molecule has 1 aromatic heterocycles. The van der Waals surface area contributed by atoms with Crippen molar-refractivity contribution in [1.82, 2.24) is 20.1 Å². The molecule has 1 amide bonds. The second-order valence-electron chi connectivity index (χ2n) is 14.3. The molecule has 5 heterocycles. The number of carboxylic acids is 1. The van der Waals surface area contributed by atoms with Gasteiger partial charge in [0.15, 0.2) is 0 Å². The summed E-state index contributed by atoms with van der Waals surface area (Å²) >= 11 is 0. The number of H-pyrrole nitrogens is 1. The van der Waals surface area contributed by atoms with E-state index in [0.717, 1.165) is 57.3 Å². The van der Waals surface area contributed by atoms with Gasteiger partial charge in [0.1, 0.15) is 16.9 Å². The zero-order valence-corrected chi connectivity index (χ0v) is 28.7. The van der Waals surface area contributed by atoms with Gasteiger partial charge in [0.2, 0.25) is 5.56 Å². The Kier molecular flexibility index (Phi) is 10.1. The fraction of sp³-hybridized carbons (Fsp3) is 0.425. The molecule has 0 radical (unpaired) electrons. The van der Waals surface area contributed by atoms with Crippen molar-refractivity contribution in [3.8, 4) is 11.5 Å². The molecule has 4 aromatic rings. The number of aliphatic carboxylic acids is 1. The molecule has 2 bridgehead atoms. The molecule has 11 heteroatoms. The lowest BCUT2D eigenvalue weighted by molar-refractivity contribution is -0.162. The van der Waals surface area contributed by atoms with E-state index in [1.165, 1.54) is 12.1 Å². The lowest BCUT2D eigenvalue weighted by Gasteiger charge is -2.61. The summed E-state index contributed by atoms with van der Waals surface area (Å²) in [5.41, 5.74) is 0.804. The van der Waals surface area contributed by atoms with E-state index in [9.17, 15) is 29.7 Å². The van der Waals surface area contributed by atoms with Crippen molar-refractivity contribution in [1.29, 1.82) is 0 Å². The number of piperidine rings is 3. The molecule has 11 nitrogen and oxygen atoms in total. The molecule has 8 rings (SSSR count). The van der Waals surface area contributed by atoms with Crippen LogP contribution in [0.5, 0.6) is 11.5 Å². The number of aromatic amines is 1. The minimum absolute atomic E-state index is 0.0365. The number of aliphatic hydroxyl groups excluding tert-OH is 1. The summed E-state index contributed by atoms with van der Waals surface area (Å²) in [6.07, 6.45) is 3.95. The third kappa shape index (κ3) is 6.85. The molecule has 4 aliphatic rings. The van der Waals surface area contributed by atoms with E-state index < -0.39 is 23.5 Å². The highest BCUT2D eigenvalue weighted by Crippen LogP contribution is 2.50. The number of hydrogen-bond donors (Lipinski definition) is 5. The summed E-state index contributed by atoms with van der Waals surface area (Å²) in [6, 6.07) is 22.3. The first-order chi connectivity index (χ1) is 24.8. The van der Waals surface area contributed by atoms with E-state index in [-0.39, 0.29) is 29.7 Å². The maximum absolute atomic E-state index is 14.0. The Morgan fingerprint density at radius 2 is 1.73 bits per heavy atom. The quantitative estimate of drug-likeness (QED) is 0.122. The average molecular weight is 695 g/mol. The fourth-order valence-electron chi connectivity index (χ4n) is 8.57. The number of unbranched alkanes of at least 4 members (excludes halogenated alkanes) is 2. The molecular formula is C40H46N4O7. The van der Waals surface area contributed by atoms with Crippen LogP contribution in [0, 0.1) is 11.8 Å². The highest BCUT2D eigenvalue weighted by atomic mass is 16.5. The predicted octanol–water partition coefficient (Wildman–Crippen LogP) is 4.29. The zero-order chi connectivity index (χ0) is 35.5. The SMILES string of the molecule is O=C(c1ccc(OCCCCCNC[C@H](O)c2ccc(O)c3[nH]c(=O)ccc23)cc1)N1CC(C(=O)O)(c2ccccc2)[C@H]1C1CN2CCC1CC2. The van der Waals surface area contributed by atoms with Crippen LogP contribution in [-0.4, -0.2) is 93.9 Å². The molecule has 268 valence electrons. The number of aromatic hydroxyl groups is 1. The number of aromatic nitrogens is 1. The number of pyridine rings is 1. The molecular weight excluding hydrogens is 648 g/mol. The fourth-order valence-corrected chi connectivity index (χ4v) is 8.57. The van der Waals surface area contributed by atoms with Crippen LogP contribution in [0.4, 0.5) is 0 Å². The van der Waals surface area contributed by atoms with Crippen LogP contribution >= 0.6 is 0 Å². The molecule has 4 fully saturated rings. The number of carboxylic acid groups (broad SMARTS) is 1. The van der Waals surface area contributed by atoms with Crippen molar-refractivity contribution in [2.45, 2.75) is 49.7 Å². The van der Waals surface area contributed by atoms with E-state index in [1.807, 2.05) is 47.4 Å². The van der Waals surface area contributed by atoms with Crippen LogP contribution in [0.15, 0.2) is 83.7 Å². The van der Waals surface area contributed by atoms with Gasteiger partial charge in [-0.05, 0) is 111 Å². The summed E-state index contributed by atoms with van der Waals surface area (Å²) in [4.78, 5) is 45.5. The first kappa shape index (κ1) is 34.7. The van der Waals surface area contributed by atoms with Crippen LogP contribution in [0.2, 0.25) is 0 Å². The number of carbonyl (C=O) groups is 2. The van der Waals surface area contributed by atoms with Crippen molar-refractivity contribution in [3.63, 3.8) is 0 Å². The number of amides is 1. The van der Waals surface area contributed by atoms with Crippen LogP contribution in [0.25, 0.3) is 10.9 Å². The number of carbonyl (C=O) groups excluding carboxylic acids is 1. The van der Waals surface area contributed by atoms with Gasteiger partial charge in [-0.1, -0.05) is 36.4 Å². The van der Waals surface area contributed by atoms with E-state index in [4.69, 9.17) is 4.74 Å². The van der Waals surface area contributed by atoms with E-state index in [0.29, 0.717) is 53.4 Å². The summed E-state index contributed by atoms with van der Waals surface area (Å²) in [6.45, 7) is 4.64. The van der Waals surface area contributed by atoms with Gasteiger partial charge in [-0.15, -0.1) is 0 Å². The van der Waals surface area contributed by atoms with Crippen LogP contribution in [0.3, 0.4) is 0 Å². The maximum Gasteiger partial charge on any atom is 0.318 e. The Bertz CT molecular complexity index is 1910. The van der Waals surface area contributed by atoms with E-state index in [1.54, 1.807) is 24.3 Å². The number of benzene rings is 3. The average Bonchev–Trinajstić information content (AvgIpc) is 3.14. The van der Waals surface area contributed by atoms with Gasteiger partial charge in [0.05, 0.1) is 24.3 Å². The van der Waals surface area contributed by atoms with Crippen molar-refractivity contribution >= 4 is 22.8 Å². The number of ether oxygens (including phenoxy) is 1. The van der Waals surface area contributed by atoms with Crippen LogP contribution in [0.1, 0.15) is 59.7 Å². The first-order valence-corrected chi connectivity index (χ1v) is 18.0. The Hall–Kier alpha value is -4.71. The second-order valence-corrected chi connectivity index (χ2v) is 14.3. The summed E-state index contributed by atoms with van der Waals surface area (Å²) in [5, 5.41) is 35.4. The third-order valence-corrected chi connectivity index (χ3v) is 11.3. The molecule has 0 spiro atoms. The number of phenolic OH excluding ortho intramolecular Hbond substituents is 1. The highest BCUT2D eigenvalue weighted by Gasteiger charge is 2.64. The molecule has 5 N–H and O–H groups in total. The highest BCUT2D eigenvalue weighted by molar-refractivity contribution is 5.98. The van der Waals surface area contributed by atoms with Gasteiger partial charge in [-0.2, -0.15) is 0 Å².